The largest absolute Gasteiger partial charge is 0.319 e. The molecule has 31 heavy (non-hydrogen) atoms. The Bertz CT molecular complexity index is 1240. The van der Waals surface area contributed by atoms with Gasteiger partial charge in [-0.1, -0.05) is 43.2 Å². The lowest BCUT2D eigenvalue weighted by molar-refractivity contribution is -0.122. The van der Waals surface area contributed by atoms with Crippen LogP contribution in [0.3, 0.4) is 0 Å². The molecule has 0 spiro atoms. The number of aromatic nitrogens is 1. The highest BCUT2D eigenvalue weighted by molar-refractivity contribution is 7.91. The van der Waals surface area contributed by atoms with Gasteiger partial charge < -0.3 is 4.57 Å². The zero-order valence-corrected chi connectivity index (χ0v) is 20.2. The number of carbonyl (C=O) groups excluding carboxylic acids is 1. The Morgan fingerprint density at radius 2 is 2.10 bits per heavy atom. The predicted octanol–water partition coefficient (Wildman–Crippen LogP) is 4.31. The summed E-state index contributed by atoms with van der Waals surface area (Å²) in [7, 11) is -1.79. The van der Waals surface area contributed by atoms with Crippen molar-refractivity contribution in [1.29, 1.82) is 0 Å². The van der Waals surface area contributed by atoms with Gasteiger partial charge in [0, 0.05) is 13.6 Å². The number of piperidine rings is 1. The van der Waals surface area contributed by atoms with Crippen LogP contribution in [-0.4, -0.2) is 35.8 Å². The zero-order valence-electron chi connectivity index (χ0n) is 17.8. The lowest BCUT2D eigenvalue weighted by Crippen LogP contribution is -2.47. The van der Waals surface area contributed by atoms with Crippen LogP contribution in [0.2, 0.25) is 0 Å². The molecule has 0 N–H and O–H groups in total. The van der Waals surface area contributed by atoms with Crippen molar-refractivity contribution in [3.8, 4) is 0 Å². The number of thiazole rings is 1. The molecular weight excluding hydrogens is 450 g/mol. The van der Waals surface area contributed by atoms with Crippen molar-refractivity contribution in [3.05, 3.63) is 46.1 Å². The molecule has 1 saturated heterocycles. The second-order valence-electron chi connectivity index (χ2n) is 7.86. The summed E-state index contributed by atoms with van der Waals surface area (Å²) in [4.78, 5) is 18.2. The Labute approximate surface area is 190 Å². The first kappa shape index (κ1) is 22.4. The summed E-state index contributed by atoms with van der Waals surface area (Å²) in [6, 6.07) is 8.95. The average Bonchev–Trinajstić information content (AvgIpc) is 3.42. The molecule has 3 heterocycles. The normalized spacial score (nSPS) is 18.6. The van der Waals surface area contributed by atoms with Crippen LogP contribution in [0.15, 0.2) is 44.9 Å². The van der Waals surface area contributed by atoms with Crippen molar-refractivity contribution >= 4 is 48.8 Å². The second-order valence-corrected chi connectivity index (χ2v) is 11.9. The minimum absolute atomic E-state index is 0.277. The number of carbonyl (C=O) groups is 1. The van der Waals surface area contributed by atoms with Crippen LogP contribution in [0.4, 0.5) is 0 Å². The van der Waals surface area contributed by atoms with Gasteiger partial charge in [0.25, 0.3) is 15.9 Å². The predicted molar refractivity (Wildman–Crippen MR) is 126 cm³/mol. The first-order valence-corrected chi connectivity index (χ1v) is 13.8. The second kappa shape index (κ2) is 9.36. The molecule has 6 nitrogen and oxygen atoms in total. The highest BCUT2D eigenvalue weighted by Gasteiger charge is 2.38. The van der Waals surface area contributed by atoms with E-state index in [2.05, 4.69) is 30.1 Å². The Hall–Kier alpha value is -1.81. The van der Waals surface area contributed by atoms with Crippen LogP contribution < -0.4 is 4.80 Å². The van der Waals surface area contributed by atoms with E-state index in [9.17, 15) is 13.2 Å². The van der Waals surface area contributed by atoms with Crippen LogP contribution in [0, 0.1) is 0 Å². The minimum Gasteiger partial charge on any atom is -0.319 e. The number of hydrogen-bond donors (Lipinski definition) is 0. The molecular formula is C22H27N3O3S3. The van der Waals surface area contributed by atoms with Crippen molar-refractivity contribution < 1.29 is 13.2 Å². The van der Waals surface area contributed by atoms with Crippen LogP contribution >= 0.6 is 22.7 Å². The molecule has 4 rings (SSSR count). The van der Waals surface area contributed by atoms with Crippen LogP contribution in [0.25, 0.3) is 10.2 Å². The van der Waals surface area contributed by atoms with Crippen LogP contribution in [-0.2, 0) is 28.3 Å². The molecule has 1 aliphatic heterocycles. The van der Waals surface area contributed by atoms with Gasteiger partial charge in [-0.2, -0.15) is 9.30 Å². The van der Waals surface area contributed by atoms with Gasteiger partial charge in [-0.25, -0.2) is 8.42 Å². The highest BCUT2D eigenvalue weighted by atomic mass is 32.2. The van der Waals surface area contributed by atoms with Gasteiger partial charge in [0.15, 0.2) is 4.80 Å². The Morgan fingerprint density at radius 1 is 1.26 bits per heavy atom. The fraction of sp³-hybridized carbons (Fsp3) is 0.455. The lowest BCUT2D eigenvalue weighted by atomic mass is 10.0. The number of nitrogens with zero attached hydrogens (tertiary/aromatic N) is 3. The summed E-state index contributed by atoms with van der Waals surface area (Å²) in [5.41, 5.74) is 2.32. The van der Waals surface area contributed by atoms with E-state index in [1.54, 1.807) is 17.5 Å². The van der Waals surface area contributed by atoms with E-state index in [0.29, 0.717) is 17.8 Å². The van der Waals surface area contributed by atoms with Crippen LogP contribution in [0.5, 0.6) is 0 Å². The molecule has 0 radical (unpaired) electrons. The first-order chi connectivity index (χ1) is 14.9. The van der Waals surface area contributed by atoms with E-state index in [0.717, 1.165) is 42.3 Å². The topological polar surface area (TPSA) is 71.7 Å². The molecule has 1 unspecified atom stereocenters. The van der Waals surface area contributed by atoms with E-state index in [-0.39, 0.29) is 10.1 Å². The van der Waals surface area contributed by atoms with Gasteiger partial charge in [0.2, 0.25) is 0 Å². The van der Waals surface area contributed by atoms with Gasteiger partial charge in [-0.05, 0) is 54.8 Å². The van der Waals surface area contributed by atoms with E-state index in [1.165, 1.54) is 32.5 Å². The number of amides is 1. The number of unbranched alkanes of at least 4 members (excludes halogenated alkanes) is 1. The molecule has 166 valence electrons. The molecule has 0 aliphatic carbocycles. The third-order valence-corrected chi connectivity index (χ3v) is 10.1. The van der Waals surface area contributed by atoms with Crippen molar-refractivity contribution in [2.24, 2.45) is 12.0 Å². The van der Waals surface area contributed by atoms with Crippen molar-refractivity contribution in [1.82, 2.24) is 8.87 Å². The number of fused-ring (bicyclic) bond motifs is 1. The van der Waals surface area contributed by atoms with Gasteiger partial charge in [0.1, 0.15) is 10.3 Å². The standard InChI is InChI=1S/C22H27N3O3S3/c1-3-4-8-16-11-12-17-19(15-16)30-22(24(17)2)23-21(26)18-9-5-6-13-25(18)31(27,28)20-10-7-14-29-20/h7,10-12,14-15,18H,3-6,8-9,13H2,1-2H3. The first-order valence-electron chi connectivity index (χ1n) is 10.6. The van der Waals surface area contributed by atoms with Crippen molar-refractivity contribution in [3.63, 3.8) is 0 Å². The van der Waals surface area contributed by atoms with Crippen LogP contribution in [0.1, 0.15) is 44.6 Å². The van der Waals surface area contributed by atoms with Gasteiger partial charge >= 0.3 is 0 Å². The monoisotopic (exact) mass is 477 g/mol. The maximum absolute atomic E-state index is 13.2. The highest BCUT2D eigenvalue weighted by Crippen LogP contribution is 2.28. The Kier molecular flexibility index (Phi) is 6.76. The van der Waals surface area contributed by atoms with Crippen molar-refractivity contribution in [2.45, 2.75) is 55.7 Å². The van der Waals surface area contributed by atoms with Crippen molar-refractivity contribution in [2.75, 3.05) is 6.54 Å². The number of sulfonamides is 1. The smallest absolute Gasteiger partial charge is 0.266 e. The summed E-state index contributed by atoms with van der Waals surface area (Å²) in [5, 5.41) is 1.74. The summed E-state index contributed by atoms with van der Waals surface area (Å²) >= 11 is 2.66. The summed E-state index contributed by atoms with van der Waals surface area (Å²) < 4.78 is 30.8. The molecule has 1 aliphatic rings. The Balaban J connectivity index is 1.66. The third kappa shape index (κ3) is 4.55. The number of thiophene rings is 1. The van der Waals surface area contributed by atoms with Gasteiger partial charge in [0.05, 0.1) is 10.2 Å². The number of hydrogen-bond acceptors (Lipinski definition) is 5. The summed E-state index contributed by atoms with van der Waals surface area (Å²) in [6.45, 7) is 2.53. The average molecular weight is 478 g/mol. The van der Waals surface area contributed by atoms with E-state index < -0.39 is 16.1 Å². The van der Waals surface area contributed by atoms with Gasteiger partial charge in [-0.15, -0.1) is 11.3 Å². The lowest BCUT2D eigenvalue weighted by Gasteiger charge is -2.31. The fourth-order valence-electron chi connectivity index (χ4n) is 3.96. The summed E-state index contributed by atoms with van der Waals surface area (Å²) in [6.07, 6.45) is 5.42. The SMILES string of the molecule is CCCCc1ccc2c(c1)sc(=NC(=O)C1CCCCN1S(=O)(=O)c1cccs1)n2C. The molecule has 1 aromatic carbocycles. The molecule has 9 heteroatoms. The number of benzene rings is 1. The molecule has 2 aromatic heterocycles. The fourth-order valence-corrected chi connectivity index (χ4v) is 7.81. The molecule has 1 fully saturated rings. The van der Waals surface area contributed by atoms with E-state index in [1.807, 2.05) is 11.6 Å². The Morgan fingerprint density at radius 3 is 2.84 bits per heavy atom. The molecule has 0 saturated carbocycles. The van der Waals surface area contributed by atoms with E-state index >= 15 is 0 Å². The minimum atomic E-state index is -3.69. The molecule has 3 aromatic rings. The zero-order chi connectivity index (χ0) is 22.0. The number of aryl methyl sites for hydroxylation is 2. The molecule has 1 amide bonds. The van der Waals surface area contributed by atoms with Gasteiger partial charge in [-0.3, -0.25) is 4.79 Å². The third-order valence-electron chi connectivity index (χ3n) is 5.70. The summed E-state index contributed by atoms with van der Waals surface area (Å²) in [5.74, 6) is -0.381. The maximum atomic E-state index is 13.2. The number of rotatable bonds is 6. The van der Waals surface area contributed by atoms with E-state index in [4.69, 9.17) is 0 Å². The molecule has 1 atom stereocenters. The quantitative estimate of drug-likeness (QED) is 0.531. The molecule has 0 bridgehead atoms. The maximum Gasteiger partial charge on any atom is 0.266 e.